The van der Waals surface area contributed by atoms with Crippen LogP contribution >= 0.6 is 0 Å². The Morgan fingerprint density at radius 3 is 2.50 bits per heavy atom. The summed E-state index contributed by atoms with van der Waals surface area (Å²) in [6, 6.07) is 11.5. The number of benzene rings is 2. The Morgan fingerprint density at radius 2 is 1.79 bits per heavy atom. The molecule has 0 saturated heterocycles. The van der Waals surface area contributed by atoms with E-state index in [9.17, 15) is 14.4 Å². The average molecular weight is 384 g/mol. The van der Waals surface area contributed by atoms with Gasteiger partial charge in [-0.2, -0.15) is 0 Å². The van der Waals surface area contributed by atoms with Crippen LogP contribution in [0.2, 0.25) is 0 Å². The van der Waals surface area contributed by atoms with Gasteiger partial charge in [-0.3, -0.25) is 9.59 Å². The van der Waals surface area contributed by atoms with Crippen LogP contribution in [-0.4, -0.2) is 44.7 Å². The van der Waals surface area contributed by atoms with Crippen LogP contribution in [0.4, 0.5) is 11.4 Å². The van der Waals surface area contributed by atoms with Crippen LogP contribution in [0.3, 0.4) is 0 Å². The number of rotatable bonds is 5. The largest absolute Gasteiger partial charge is 0.486 e. The molecule has 8 nitrogen and oxygen atoms in total. The van der Waals surface area contributed by atoms with Gasteiger partial charge in [0.2, 0.25) is 11.8 Å². The summed E-state index contributed by atoms with van der Waals surface area (Å²) in [6.07, 6.45) is 0. The average Bonchev–Trinajstić information content (AvgIpc) is 2.71. The molecule has 0 saturated carbocycles. The van der Waals surface area contributed by atoms with Crippen LogP contribution < -0.4 is 19.7 Å². The Morgan fingerprint density at radius 1 is 1.07 bits per heavy atom. The lowest BCUT2D eigenvalue weighted by Gasteiger charge is -2.24. The van der Waals surface area contributed by atoms with E-state index in [-0.39, 0.29) is 18.0 Å². The second-order valence-corrected chi connectivity index (χ2v) is 6.02. The van der Waals surface area contributed by atoms with Gasteiger partial charge in [-0.05, 0) is 24.3 Å². The number of para-hydroxylation sites is 1. The molecule has 146 valence electrons. The smallest absolute Gasteiger partial charge is 0.339 e. The molecule has 1 aliphatic rings. The highest BCUT2D eigenvalue weighted by Crippen LogP contribution is 2.34. The van der Waals surface area contributed by atoms with Crippen LogP contribution in [0.25, 0.3) is 0 Å². The maximum Gasteiger partial charge on any atom is 0.339 e. The first kappa shape index (κ1) is 19.2. The SMILES string of the molecule is COC(=O)c1ccccc1NC(=O)CN(C(C)=O)c1ccc2c(c1)OCCO2. The Labute approximate surface area is 162 Å². The molecule has 1 aliphatic heterocycles. The van der Waals surface area contributed by atoms with Gasteiger partial charge >= 0.3 is 5.97 Å². The maximum atomic E-state index is 12.5. The van der Waals surface area contributed by atoms with Crippen molar-refractivity contribution in [3.63, 3.8) is 0 Å². The number of nitrogens with zero attached hydrogens (tertiary/aromatic N) is 1. The summed E-state index contributed by atoms with van der Waals surface area (Å²) < 4.78 is 15.7. The number of carbonyl (C=O) groups excluding carboxylic acids is 3. The number of amides is 2. The number of esters is 1. The van der Waals surface area contributed by atoms with Crippen LogP contribution in [-0.2, 0) is 14.3 Å². The molecule has 0 unspecified atom stereocenters. The molecule has 2 aromatic carbocycles. The Kier molecular flexibility index (Phi) is 5.78. The summed E-state index contributed by atoms with van der Waals surface area (Å²) in [7, 11) is 1.26. The summed E-state index contributed by atoms with van der Waals surface area (Å²) in [6.45, 7) is 2.02. The molecule has 0 fully saturated rings. The lowest BCUT2D eigenvalue weighted by atomic mass is 10.1. The van der Waals surface area contributed by atoms with Crippen molar-refractivity contribution in [2.75, 3.05) is 37.1 Å². The molecule has 0 bridgehead atoms. The van der Waals surface area contributed by atoms with E-state index in [0.29, 0.717) is 36.1 Å². The zero-order valence-corrected chi connectivity index (χ0v) is 15.6. The molecule has 3 rings (SSSR count). The normalized spacial score (nSPS) is 12.1. The zero-order valence-electron chi connectivity index (χ0n) is 15.6. The molecule has 0 aliphatic carbocycles. The lowest BCUT2D eigenvalue weighted by molar-refractivity contribution is -0.120. The van der Waals surface area contributed by atoms with Gasteiger partial charge in [0.15, 0.2) is 11.5 Å². The second-order valence-electron chi connectivity index (χ2n) is 6.02. The van der Waals surface area contributed by atoms with E-state index >= 15 is 0 Å². The summed E-state index contributed by atoms with van der Waals surface area (Å²) >= 11 is 0. The fraction of sp³-hybridized carbons (Fsp3) is 0.250. The number of carbonyl (C=O) groups is 3. The predicted molar refractivity (Wildman–Crippen MR) is 102 cm³/mol. The molecular weight excluding hydrogens is 364 g/mol. The number of hydrogen-bond donors (Lipinski definition) is 1. The molecule has 1 N–H and O–H groups in total. The highest BCUT2D eigenvalue weighted by Gasteiger charge is 2.21. The van der Waals surface area contributed by atoms with E-state index in [2.05, 4.69) is 5.32 Å². The van der Waals surface area contributed by atoms with Crippen LogP contribution in [0.1, 0.15) is 17.3 Å². The van der Waals surface area contributed by atoms with Crippen molar-refractivity contribution < 1.29 is 28.6 Å². The molecule has 2 amide bonds. The van der Waals surface area contributed by atoms with Crippen molar-refractivity contribution in [1.82, 2.24) is 0 Å². The summed E-state index contributed by atoms with van der Waals surface area (Å²) in [5.41, 5.74) is 1.05. The molecular formula is C20H20N2O6. The van der Waals surface area contributed by atoms with Crippen LogP contribution in [0, 0.1) is 0 Å². The number of fused-ring (bicyclic) bond motifs is 1. The van der Waals surface area contributed by atoms with Gasteiger partial charge in [-0.1, -0.05) is 12.1 Å². The van der Waals surface area contributed by atoms with Gasteiger partial charge < -0.3 is 24.4 Å². The van der Waals surface area contributed by atoms with E-state index in [4.69, 9.17) is 14.2 Å². The quantitative estimate of drug-likeness (QED) is 0.795. The lowest BCUT2D eigenvalue weighted by Crippen LogP contribution is -2.37. The first-order valence-corrected chi connectivity index (χ1v) is 8.64. The molecule has 0 aromatic heterocycles. The highest BCUT2D eigenvalue weighted by atomic mass is 16.6. The van der Waals surface area contributed by atoms with E-state index in [0.717, 1.165) is 0 Å². The number of hydrogen-bond acceptors (Lipinski definition) is 6. The summed E-state index contributed by atoms with van der Waals surface area (Å²) in [5, 5.41) is 2.65. The number of methoxy groups -OCH3 is 1. The van der Waals surface area contributed by atoms with Gasteiger partial charge in [-0.15, -0.1) is 0 Å². The molecule has 28 heavy (non-hydrogen) atoms. The first-order valence-electron chi connectivity index (χ1n) is 8.64. The fourth-order valence-electron chi connectivity index (χ4n) is 2.80. The molecule has 8 heteroatoms. The third-order valence-electron chi connectivity index (χ3n) is 4.13. The predicted octanol–water partition coefficient (Wildman–Crippen LogP) is 2.24. The van der Waals surface area contributed by atoms with Gasteiger partial charge in [0, 0.05) is 18.7 Å². The Hall–Kier alpha value is -3.55. The van der Waals surface area contributed by atoms with E-state index in [1.54, 1.807) is 42.5 Å². The number of anilines is 2. The maximum absolute atomic E-state index is 12.5. The number of nitrogens with one attached hydrogen (secondary N) is 1. The molecule has 1 heterocycles. The topological polar surface area (TPSA) is 94.2 Å². The summed E-state index contributed by atoms with van der Waals surface area (Å²) in [4.78, 5) is 37.8. The van der Waals surface area contributed by atoms with Crippen molar-refractivity contribution in [2.24, 2.45) is 0 Å². The van der Waals surface area contributed by atoms with Gasteiger partial charge in [0.1, 0.15) is 19.8 Å². The minimum atomic E-state index is -0.564. The molecule has 0 radical (unpaired) electrons. The zero-order chi connectivity index (χ0) is 20.1. The molecule has 0 atom stereocenters. The fourth-order valence-corrected chi connectivity index (χ4v) is 2.80. The van der Waals surface area contributed by atoms with E-state index in [1.807, 2.05) is 0 Å². The summed E-state index contributed by atoms with van der Waals surface area (Å²) in [5.74, 6) is -0.220. The second kappa shape index (κ2) is 8.43. The van der Waals surface area contributed by atoms with Crippen molar-refractivity contribution in [3.8, 4) is 11.5 Å². The van der Waals surface area contributed by atoms with Crippen LogP contribution in [0.15, 0.2) is 42.5 Å². The standard InChI is InChI=1S/C20H20N2O6/c1-13(23)22(14-7-8-17-18(11-14)28-10-9-27-17)12-19(24)21-16-6-4-3-5-15(16)20(25)26-2/h3-8,11H,9-10,12H2,1-2H3,(H,21,24). The van der Waals surface area contributed by atoms with Crippen molar-refractivity contribution in [3.05, 3.63) is 48.0 Å². The van der Waals surface area contributed by atoms with Crippen molar-refractivity contribution >= 4 is 29.2 Å². The molecule has 0 spiro atoms. The van der Waals surface area contributed by atoms with Gasteiger partial charge in [-0.25, -0.2) is 4.79 Å². The minimum Gasteiger partial charge on any atom is -0.486 e. The van der Waals surface area contributed by atoms with E-state index in [1.165, 1.54) is 18.9 Å². The third-order valence-corrected chi connectivity index (χ3v) is 4.13. The number of ether oxygens (including phenoxy) is 3. The van der Waals surface area contributed by atoms with Gasteiger partial charge in [0.05, 0.1) is 18.4 Å². The van der Waals surface area contributed by atoms with Crippen molar-refractivity contribution in [1.29, 1.82) is 0 Å². The van der Waals surface area contributed by atoms with Crippen molar-refractivity contribution in [2.45, 2.75) is 6.92 Å². The van der Waals surface area contributed by atoms with Crippen LogP contribution in [0.5, 0.6) is 11.5 Å². The Bertz CT molecular complexity index is 911. The third kappa shape index (κ3) is 4.22. The van der Waals surface area contributed by atoms with Gasteiger partial charge in [0.25, 0.3) is 0 Å². The Balaban J connectivity index is 1.78. The first-order chi connectivity index (χ1) is 13.5. The van der Waals surface area contributed by atoms with E-state index < -0.39 is 11.9 Å². The molecule has 2 aromatic rings. The monoisotopic (exact) mass is 384 g/mol. The minimum absolute atomic E-state index is 0.229. The highest BCUT2D eigenvalue weighted by molar-refractivity contribution is 6.05.